The number of amides is 1. The maximum Gasteiger partial charge on any atom is 0.237 e. The summed E-state index contributed by atoms with van der Waals surface area (Å²) in [5.74, 6) is -0.823. The first-order chi connectivity index (χ1) is 5.22. The molecule has 1 atom stereocenters. The average molecular weight is 156 g/mol. The molecule has 0 saturated heterocycles. The third-order valence-electron chi connectivity index (χ3n) is 1.19. The molecule has 62 valence electrons. The number of carbonyl (C=O) groups excluding carboxylic acids is 1. The Morgan fingerprint density at radius 3 is 2.91 bits per heavy atom. The Kier molecular flexibility index (Phi) is 5.13. The molecule has 4 heteroatoms. The Labute approximate surface area is 66.1 Å². The molecular formula is C7H12N2O2. The van der Waals surface area contributed by atoms with Crippen molar-refractivity contribution in [2.24, 2.45) is 5.92 Å². The number of hydrogen-bond donors (Lipinski definition) is 1. The molecule has 4 nitrogen and oxygen atoms in total. The van der Waals surface area contributed by atoms with Crippen LogP contribution in [0.25, 0.3) is 0 Å². The average Bonchev–Trinajstić information content (AvgIpc) is 2.03. The molecule has 0 aromatic carbocycles. The lowest BCUT2D eigenvalue weighted by atomic mass is 10.2. The highest BCUT2D eigenvalue weighted by Crippen LogP contribution is 1.89. The van der Waals surface area contributed by atoms with Crippen molar-refractivity contribution in [3.8, 4) is 6.07 Å². The molecule has 1 amide bonds. The molecular weight excluding hydrogens is 144 g/mol. The van der Waals surface area contributed by atoms with Gasteiger partial charge < -0.3 is 10.1 Å². The molecule has 0 rings (SSSR count). The van der Waals surface area contributed by atoms with E-state index in [4.69, 9.17) is 10.00 Å². The van der Waals surface area contributed by atoms with Crippen LogP contribution in [0.5, 0.6) is 0 Å². The van der Waals surface area contributed by atoms with Gasteiger partial charge in [-0.1, -0.05) is 0 Å². The van der Waals surface area contributed by atoms with Crippen molar-refractivity contribution in [1.29, 1.82) is 5.26 Å². The smallest absolute Gasteiger partial charge is 0.237 e. The third kappa shape index (κ3) is 4.34. The van der Waals surface area contributed by atoms with Gasteiger partial charge >= 0.3 is 0 Å². The van der Waals surface area contributed by atoms with E-state index in [-0.39, 0.29) is 5.91 Å². The molecule has 0 fully saturated rings. The number of ether oxygens (including phenoxy) is 1. The second-order valence-corrected chi connectivity index (χ2v) is 2.13. The van der Waals surface area contributed by atoms with Gasteiger partial charge in [-0.3, -0.25) is 4.79 Å². The topological polar surface area (TPSA) is 62.1 Å². The van der Waals surface area contributed by atoms with Crippen molar-refractivity contribution in [2.75, 3.05) is 20.3 Å². The Bertz CT molecular complexity index is 162. The molecule has 0 aliphatic carbocycles. The summed E-state index contributed by atoms with van der Waals surface area (Å²) in [5.41, 5.74) is 0. The predicted molar refractivity (Wildman–Crippen MR) is 39.7 cm³/mol. The van der Waals surface area contributed by atoms with E-state index in [1.807, 2.05) is 6.07 Å². The van der Waals surface area contributed by atoms with Gasteiger partial charge in [0.15, 0.2) is 0 Å². The minimum atomic E-state index is -0.577. The normalized spacial score (nSPS) is 11.7. The molecule has 1 unspecified atom stereocenters. The van der Waals surface area contributed by atoms with Crippen LogP contribution in [0, 0.1) is 17.2 Å². The van der Waals surface area contributed by atoms with Gasteiger partial charge in [0.25, 0.3) is 0 Å². The monoisotopic (exact) mass is 156 g/mol. The number of nitriles is 1. The third-order valence-corrected chi connectivity index (χ3v) is 1.19. The number of methoxy groups -OCH3 is 1. The zero-order chi connectivity index (χ0) is 8.69. The standard InChI is InChI=1S/C7H12N2O2/c1-6(5-8)7(10)9-3-4-11-2/h6H,3-4H2,1-2H3,(H,9,10). The van der Waals surface area contributed by atoms with Crippen molar-refractivity contribution < 1.29 is 9.53 Å². The number of nitrogens with one attached hydrogen (secondary N) is 1. The van der Waals surface area contributed by atoms with Crippen LogP contribution in [0.1, 0.15) is 6.92 Å². The van der Waals surface area contributed by atoms with E-state index in [0.717, 1.165) is 0 Å². The zero-order valence-corrected chi connectivity index (χ0v) is 6.76. The van der Waals surface area contributed by atoms with E-state index in [9.17, 15) is 4.79 Å². The Balaban J connectivity index is 3.46. The van der Waals surface area contributed by atoms with Crippen LogP contribution in [0.3, 0.4) is 0 Å². The molecule has 0 aliphatic rings. The van der Waals surface area contributed by atoms with Crippen LogP contribution in [0.2, 0.25) is 0 Å². The quantitative estimate of drug-likeness (QED) is 0.578. The summed E-state index contributed by atoms with van der Waals surface area (Å²) < 4.78 is 4.71. The maximum absolute atomic E-state index is 10.9. The minimum absolute atomic E-state index is 0.246. The minimum Gasteiger partial charge on any atom is -0.383 e. The molecule has 0 aromatic rings. The van der Waals surface area contributed by atoms with Crippen molar-refractivity contribution >= 4 is 5.91 Å². The molecule has 1 N–H and O–H groups in total. The highest BCUT2D eigenvalue weighted by Gasteiger charge is 2.09. The molecule has 11 heavy (non-hydrogen) atoms. The molecule has 0 heterocycles. The van der Waals surface area contributed by atoms with Crippen LogP contribution in [-0.4, -0.2) is 26.2 Å². The highest BCUT2D eigenvalue weighted by atomic mass is 16.5. The van der Waals surface area contributed by atoms with Crippen molar-refractivity contribution in [2.45, 2.75) is 6.92 Å². The number of rotatable bonds is 4. The van der Waals surface area contributed by atoms with Gasteiger partial charge in [0.05, 0.1) is 12.7 Å². The van der Waals surface area contributed by atoms with Crippen molar-refractivity contribution in [3.05, 3.63) is 0 Å². The Hall–Kier alpha value is -1.08. The van der Waals surface area contributed by atoms with Gasteiger partial charge in [-0.25, -0.2) is 0 Å². The number of carbonyl (C=O) groups is 1. The second-order valence-electron chi connectivity index (χ2n) is 2.13. The van der Waals surface area contributed by atoms with Crippen LogP contribution >= 0.6 is 0 Å². The van der Waals surface area contributed by atoms with Crippen molar-refractivity contribution in [3.63, 3.8) is 0 Å². The van der Waals surface area contributed by atoms with Crippen LogP contribution < -0.4 is 5.32 Å². The molecule has 0 spiro atoms. The van der Waals surface area contributed by atoms with Crippen molar-refractivity contribution in [1.82, 2.24) is 5.32 Å². The fraction of sp³-hybridized carbons (Fsp3) is 0.714. The molecule has 0 aliphatic heterocycles. The SMILES string of the molecule is COCCNC(=O)C(C)C#N. The Morgan fingerprint density at radius 2 is 2.45 bits per heavy atom. The van der Waals surface area contributed by atoms with E-state index >= 15 is 0 Å². The summed E-state index contributed by atoms with van der Waals surface area (Å²) in [6, 6.07) is 1.84. The van der Waals surface area contributed by atoms with Crippen LogP contribution in [0.4, 0.5) is 0 Å². The first kappa shape index (κ1) is 9.92. The van der Waals surface area contributed by atoms with Gasteiger partial charge in [-0.05, 0) is 6.92 Å². The van der Waals surface area contributed by atoms with Crippen LogP contribution in [-0.2, 0) is 9.53 Å². The summed E-state index contributed by atoms with van der Waals surface area (Å²) in [7, 11) is 1.56. The molecule has 0 saturated carbocycles. The second kappa shape index (κ2) is 5.69. The molecule has 0 aromatic heterocycles. The van der Waals surface area contributed by atoms with Gasteiger partial charge in [0, 0.05) is 13.7 Å². The highest BCUT2D eigenvalue weighted by molar-refractivity contribution is 5.80. The van der Waals surface area contributed by atoms with Gasteiger partial charge in [0.1, 0.15) is 5.92 Å². The first-order valence-corrected chi connectivity index (χ1v) is 3.38. The summed E-state index contributed by atoms with van der Waals surface area (Å²) >= 11 is 0. The number of hydrogen-bond acceptors (Lipinski definition) is 3. The first-order valence-electron chi connectivity index (χ1n) is 3.38. The summed E-state index contributed by atoms with van der Waals surface area (Å²) in [4.78, 5) is 10.9. The van der Waals surface area contributed by atoms with Crippen LogP contribution in [0.15, 0.2) is 0 Å². The van der Waals surface area contributed by atoms with E-state index in [1.54, 1.807) is 14.0 Å². The van der Waals surface area contributed by atoms with E-state index < -0.39 is 5.92 Å². The summed E-state index contributed by atoms with van der Waals surface area (Å²) in [6.45, 7) is 2.49. The largest absolute Gasteiger partial charge is 0.383 e. The predicted octanol–water partition coefficient (Wildman–Crippen LogP) is -0.0913. The van der Waals surface area contributed by atoms with Gasteiger partial charge in [-0.15, -0.1) is 0 Å². The molecule has 0 bridgehead atoms. The summed E-state index contributed by atoms with van der Waals surface area (Å²) in [5, 5.41) is 10.9. The number of nitrogens with zero attached hydrogens (tertiary/aromatic N) is 1. The lowest BCUT2D eigenvalue weighted by molar-refractivity contribution is -0.123. The fourth-order valence-corrected chi connectivity index (χ4v) is 0.488. The lowest BCUT2D eigenvalue weighted by Crippen LogP contribution is -2.31. The molecule has 0 radical (unpaired) electrons. The maximum atomic E-state index is 10.9. The van der Waals surface area contributed by atoms with Gasteiger partial charge in [0.2, 0.25) is 5.91 Å². The van der Waals surface area contributed by atoms with E-state index in [1.165, 1.54) is 0 Å². The Morgan fingerprint density at radius 1 is 1.82 bits per heavy atom. The van der Waals surface area contributed by atoms with Gasteiger partial charge in [-0.2, -0.15) is 5.26 Å². The summed E-state index contributed by atoms with van der Waals surface area (Å²) in [6.07, 6.45) is 0. The van der Waals surface area contributed by atoms with E-state index in [0.29, 0.717) is 13.2 Å². The van der Waals surface area contributed by atoms with E-state index in [2.05, 4.69) is 5.32 Å². The fourth-order valence-electron chi connectivity index (χ4n) is 0.488. The lowest BCUT2D eigenvalue weighted by Gasteiger charge is -2.04. The zero-order valence-electron chi connectivity index (χ0n) is 6.76.